The van der Waals surface area contributed by atoms with Gasteiger partial charge in [0.05, 0.1) is 24.4 Å². The molecule has 6 rings (SSSR count). The summed E-state index contributed by atoms with van der Waals surface area (Å²) in [5.41, 5.74) is 2.86. The summed E-state index contributed by atoms with van der Waals surface area (Å²) in [5.74, 6) is 2.48. The molecule has 3 saturated heterocycles. The molecule has 2 unspecified atom stereocenters. The van der Waals surface area contributed by atoms with Gasteiger partial charge >= 0.3 is 6.03 Å². The molecule has 0 N–H and O–H groups in total. The number of thioether (sulfide) groups is 1. The summed E-state index contributed by atoms with van der Waals surface area (Å²) in [6.45, 7) is 4.41. The van der Waals surface area contributed by atoms with Gasteiger partial charge in [0.25, 0.3) is 5.91 Å². The SMILES string of the molecule is COc1ccc(CN2CC(c3ccc(C#N)cc3)C3(C2)C(=O)N(c2cc(Cl)cc(Cl)c2)C(=O)N3C)cc1CN1CCSCC1. The number of likely N-dealkylation sites (N-methyl/N-ethyl adjacent to an activating group) is 1. The first-order valence-electron chi connectivity index (χ1n) is 14.5. The molecule has 3 aliphatic rings. The van der Waals surface area contributed by atoms with E-state index < -0.39 is 11.6 Å². The average Bonchev–Trinajstić information content (AvgIpc) is 3.48. The van der Waals surface area contributed by atoms with Crippen molar-refractivity contribution in [1.82, 2.24) is 14.7 Å². The molecule has 1 spiro atoms. The Morgan fingerprint density at radius 3 is 2.34 bits per heavy atom. The Bertz CT molecular complexity index is 1600. The van der Waals surface area contributed by atoms with Gasteiger partial charge in [0.2, 0.25) is 0 Å². The van der Waals surface area contributed by atoms with E-state index in [2.05, 4.69) is 28.0 Å². The molecule has 0 aromatic heterocycles. The van der Waals surface area contributed by atoms with Crippen LogP contribution in [0, 0.1) is 11.3 Å². The Labute approximate surface area is 272 Å². The van der Waals surface area contributed by atoms with Crippen LogP contribution in [0.15, 0.2) is 60.7 Å². The van der Waals surface area contributed by atoms with Crippen molar-refractivity contribution in [1.29, 1.82) is 5.26 Å². The van der Waals surface area contributed by atoms with Crippen molar-refractivity contribution in [3.8, 4) is 11.8 Å². The summed E-state index contributed by atoms with van der Waals surface area (Å²) in [4.78, 5) is 35.8. The van der Waals surface area contributed by atoms with E-state index in [4.69, 9.17) is 27.9 Å². The number of nitriles is 1. The number of rotatable bonds is 7. The maximum Gasteiger partial charge on any atom is 0.332 e. The fourth-order valence-corrected chi connectivity index (χ4v) is 8.22. The van der Waals surface area contributed by atoms with E-state index in [1.54, 1.807) is 49.4 Å². The Morgan fingerprint density at radius 1 is 0.977 bits per heavy atom. The summed E-state index contributed by atoms with van der Waals surface area (Å²) in [6, 6.07) is 20.1. The van der Waals surface area contributed by atoms with Gasteiger partial charge in [-0.25, -0.2) is 9.69 Å². The number of urea groups is 1. The van der Waals surface area contributed by atoms with Crippen LogP contribution in [0.25, 0.3) is 0 Å². The number of benzene rings is 3. The van der Waals surface area contributed by atoms with Crippen LogP contribution in [0.3, 0.4) is 0 Å². The maximum atomic E-state index is 14.5. The molecular weight excluding hydrogens is 617 g/mol. The number of nitrogens with zero attached hydrogens (tertiary/aromatic N) is 5. The van der Waals surface area contributed by atoms with E-state index in [1.165, 1.54) is 4.90 Å². The van der Waals surface area contributed by atoms with Crippen LogP contribution < -0.4 is 9.64 Å². The highest BCUT2D eigenvalue weighted by Gasteiger charge is 2.64. The van der Waals surface area contributed by atoms with Crippen molar-refractivity contribution in [2.45, 2.75) is 24.5 Å². The van der Waals surface area contributed by atoms with Crippen LogP contribution >= 0.6 is 35.0 Å². The van der Waals surface area contributed by atoms with Gasteiger partial charge in [0, 0.05) is 79.3 Å². The van der Waals surface area contributed by atoms with Gasteiger partial charge in [0.15, 0.2) is 0 Å². The average molecular weight is 651 g/mol. The monoisotopic (exact) mass is 649 g/mol. The number of ether oxygens (including phenoxy) is 1. The van der Waals surface area contributed by atoms with Crippen LogP contribution in [0.5, 0.6) is 5.75 Å². The van der Waals surface area contributed by atoms with E-state index in [-0.39, 0.29) is 11.8 Å². The van der Waals surface area contributed by atoms with Gasteiger partial charge in [0.1, 0.15) is 11.3 Å². The Kier molecular flexibility index (Phi) is 8.82. The molecule has 3 amide bonds. The lowest BCUT2D eigenvalue weighted by Gasteiger charge is -2.34. The summed E-state index contributed by atoms with van der Waals surface area (Å²) in [6.07, 6.45) is 0. The number of likely N-dealkylation sites (tertiary alicyclic amines) is 1. The molecule has 3 heterocycles. The molecule has 0 aliphatic carbocycles. The first kappa shape index (κ1) is 30.8. The fourth-order valence-electron chi connectivity index (χ4n) is 6.73. The van der Waals surface area contributed by atoms with Crippen LogP contribution in [-0.2, 0) is 17.9 Å². The molecule has 8 nitrogen and oxygen atoms in total. The normalized spacial score (nSPS) is 22.7. The zero-order chi connectivity index (χ0) is 31.0. The molecule has 11 heteroatoms. The topological polar surface area (TPSA) is 80.1 Å². The van der Waals surface area contributed by atoms with Crippen molar-refractivity contribution in [3.63, 3.8) is 0 Å². The lowest BCUT2D eigenvalue weighted by atomic mass is 9.80. The smallest absolute Gasteiger partial charge is 0.332 e. The summed E-state index contributed by atoms with van der Waals surface area (Å²) < 4.78 is 5.71. The van der Waals surface area contributed by atoms with Crippen molar-refractivity contribution in [3.05, 3.63) is 93.0 Å². The quantitative estimate of drug-likeness (QED) is 0.297. The number of anilines is 1. The molecule has 228 valence electrons. The highest BCUT2D eigenvalue weighted by molar-refractivity contribution is 7.99. The minimum atomic E-state index is -1.17. The third-order valence-corrected chi connectivity index (χ3v) is 10.3. The van der Waals surface area contributed by atoms with Gasteiger partial charge < -0.3 is 9.64 Å². The molecule has 3 aromatic rings. The molecule has 3 fully saturated rings. The molecule has 3 aromatic carbocycles. The molecule has 0 radical (unpaired) electrons. The molecular formula is C33H33Cl2N5O3S. The predicted octanol–water partition coefficient (Wildman–Crippen LogP) is 5.86. The van der Waals surface area contributed by atoms with Gasteiger partial charge in [-0.1, -0.05) is 41.4 Å². The zero-order valence-electron chi connectivity index (χ0n) is 24.6. The first-order valence-corrected chi connectivity index (χ1v) is 16.4. The van der Waals surface area contributed by atoms with Crippen molar-refractivity contribution in [2.24, 2.45) is 0 Å². The second-order valence-corrected chi connectivity index (χ2v) is 13.6. The molecule has 3 aliphatic heterocycles. The standard InChI is InChI=1S/C33H33Cl2N5O3S/c1-37-32(42)40(28-15-26(34)14-27(35)16-28)31(41)33(37)21-39(20-29(33)24-6-3-22(17-36)4-7-24)18-23-5-8-30(43-2)25(13-23)19-38-9-11-44-12-10-38/h3-8,13-16,29H,9-12,18-21H2,1-2H3. The summed E-state index contributed by atoms with van der Waals surface area (Å²) in [5, 5.41) is 10.1. The van der Waals surface area contributed by atoms with Crippen molar-refractivity contribution in [2.75, 3.05) is 56.7 Å². The second-order valence-electron chi connectivity index (χ2n) is 11.5. The number of hydrogen-bond acceptors (Lipinski definition) is 7. The molecule has 2 atom stereocenters. The zero-order valence-corrected chi connectivity index (χ0v) is 27.0. The number of amides is 3. The summed E-state index contributed by atoms with van der Waals surface area (Å²) in [7, 11) is 3.39. The van der Waals surface area contributed by atoms with Crippen molar-refractivity contribution < 1.29 is 14.3 Å². The number of imide groups is 1. The van der Waals surface area contributed by atoms with E-state index in [1.807, 2.05) is 30.0 Å². The molecule has 0 bridgehead atoms. The highest BCUT2D eigenvalue weighted by atomic mass is 35.5. The van der Waals surface area contributed by atoms with E-state index >= 15 is 0 Å². The minimum absolute atomic E-state index is 0.321. The number of carbonyl (C=O) groups excluding carboxylic acids is 2. The van der Waals surface area contributed by atoms with Crippen LogP contribution in [0.1, 0.15) is 28.2 Å². The highest BCUT2D eigenvalue weighted by Crippen LogP contribution is 2.47. The van der Waals surface area contributed by atoms with E-state index in [0.29, 0.717) is 40.9 Å². The van der Waals surface area contributed by atoms with Gasteiger partial charge in [-0.05, 0) is 53.6 Å². The lowest BCUT2D eigenvalue weighted by molar-refractivity contribution is -0.124. The van der Waals surface area contributed by atoms with E-state index in [9.17, 15) is 14.9 Å². The number of methoxy groups -OCH3 is 1. The summed E-state index contributed by atoms with van der Waals surface area (Å²) >= 11 is 14.5. The number of carbonyl (C=O) groups is 2. The predicted molar refractivity (Wildman–Crippen MR) is 175 cm³/mol. The van der Waals surface area contributed by atoms with Gasteiger partial charge in [-0.15, -0.1) is 0 Å². The van der Waals surface area contributed by atoms with Crippen LogP contribution in [-0.4, -0.2) is 84.0 Å². The minimum Gasteiger partial charge on any atom is -0.496 e. The molecule has 0 saturated carbocycles. The van der Waals surface area contributed by atoms with Crippen molar-refractivity contribution >= 4 is 52.6 Å². The van der Waals surface area contributed by atoms with Gasteiger partial charge in [-0.2, -0.15) is 17.0 Å². The lowest BCUT2D eigenvalue weighted by Crippen LogP contribution is -2.53. The largest absolute Gasteiger partial charge is 0.496 e. The number of hydrogen-bond donors (Lipinski definition) is 0. The Balaban J connectivity index is 1.34. The van der Waals surface area contributed by atoms with Gasteiger partial charge in [-0.3, -0.25) is 14.6 Å². The fraction of sp³-hybridized carbons (Fsp3) is 0.364. The third kappa shape index (κ3) is 5.66. The second kappa shape index (κ2) is 12.6. The Hall–Kier alpha value is -3.26. The number of halogens is 2. The van der Waals surface area contributed by atoms with E-state index in [0.717, 1.165) is 53.6 Å². The first-order chi connectivity index (χ1) is 21.2. The third-order valence-electron chi connectivity index (χ3n) is 8.93. The van der Waals surface area contributed by atoms with Crippen LogP contribution in [0.2, 0.25) is 10.0 Å². The maximum absolute atomic E-state index is 14.5. The molecule has 44 heavy (non-hydrogen) atoms. The Morgan fingerprint density at radius 2 is 1.68 bits per heavy atom. The van der Waals surface area contributed by atoms with Crippen LogP contribution in [0.4, 0.5) is 10.5 Å².